The van der Waals surface area contributed by atoms with Crippen molar-refractivity contribution in [2.24, 2.45) is 0 Å². The van der Waals surface area contributed by atoms with Crippen molar-refractivity contribution in [3.05, 3.63) is 29.3 Å². The van der Waals surface area contributed by atoms with E-state index in [4.69, 9.17) is 4.74 Å². The fourth-order valence-corrected chi connectivity index (χ4v) is 2.72. The number of amides is 1. The standard InChI is InChI=1S/C18H27NO2/c1-5-16(17(20)19-18(2,3)4)21-15-11-10-13-8-6-7-9-14(13)12-15/h10-12,16H,5-9H2,1-4H3,(H,19,20)/t16-/m1/s1. The number of carbonyl (C=O) groups is 1. The molecular weight excluding hydrogens is 262 g/mol. The van der Waals surface area contributed by atoms with Crippen LogP contribution < -0.4 is 10.1 Å². The molecule has 1 aromatic carbocycles. The van der Waals surface area contributed by atoms with Crippen LogP contribution in [0.5, 0.6) is 5.75 Å². The summed E-state index contributed by atoms with van der Waals surface area (Å²) in [6, 6.07) is 6.26. The summed E-state index contributed by atoms with van der Waals surface area (Å²) >= 11 is 0. The van der Waals surface area contributed by atoms with E-state index >= 15 is 0 Å². The molecule has 0 bridgehead atoms. The van der Waals surface area contributed by atoms with Crippen LogP contribution >= 0.6 is 0 Å². The maximum absolute atomic E-state index is 12.2. The van der Waals surface area contributed by atoms with Crippen LogP contribution in [0.4, 0.5) is 0 Å². The summed E-state index contributed by atoms with van der Waals surface area (Å²) in [5, 5.41) is 2.99. The van der Waals surface area contributed by atoms with Crippen molar-refractivity contribution in [3.63, 3.8) is 0 Å². The van der Waals surface area contributed by atoms with Gasteiger partial charge in [-0.25, -0.2) is 0 Å². The number of benzene rings is 1. The SMILES string of the molecule is CC[C@@H](Oc1ccc2c(c1)CCCC2)C(=O)NC(C)(C)C. The van der Waals surface area contributed by atoms with Crippen molar-refractivity contribution in [3.8, 4) is 5.75 Å². The zero-order valence-electron chi connectivity index (χ0n) is 13.7. The highest BCUT2D eigenvalue weighted by atomic mass is 16.5. The van der Waals surface area contributed by atoms with Gasteiger partial charge in [-0.2, -0.15) is 0 Å². The quantitative estimate of drug-likeness (QED) is 0.919. The Morgan fingerprint density at radius 3 is 2.52 bits per heavy atom. The van der Waals surface area contributed by atoms with Gasteiger partial charge in [0.2, 0.25) is 0 Å². The Labute approximate surface area is 128 Å². The highest BCUT2D eigenvalue weighted by Crippen LogP contribution is 2.26. The smallest absolute Gasteiger partial charge is 0.261 e. The summed E-state index contributed by atoms with van der Waals surface area (Å²) in [5.41, 5.74) is 2.58. The second kappa shape index (κ2) is 6.50. The summed E-state index contributed by atoms with van der Waals surface area (Å²) < 4.78 is 5.93. The largest absolute Gasteiger partial charge is 0.481 e. The van der Waals surface area contributed by atoms with Gasteiger partial charge in [0, 0.05) is 5.54 Å². The maximum Gasteiger partial charge on any atom is 0.261 e. The van der Waals surface area contributed by atoms with Gasteiger partial charge in [-0.15, -0.1) is 0 Å². The highest BCUT2D eigenvalue weighted by Gasteiger charge is 2.23. The van der Waals surface area contributed by atoms with E-state index in [2.05, 4.69) is 17.4 Å². The minimum Gasteiger partial charge on any atom is -0.481 e. The number of aryl methyl sites for hydroxylation is 2. The molecule has 1 aromatic rings. The second-order valence-electron chi connectivity index (χ2n) is 6.89. The molecule has 0 saturated heterocycles. The summed E-state index contributed by atoms with van der Waals surface area (Å²) in [7, 11) is 0. The lowest BCUT2D eigenvalue weighted by Crippen LogP contribution is -2.47. The second-order valence-corrected chi connectivity index (χ2v) is 6.89. The molecule has 1 atom stereocenters. The number of ether oxygens (including phenoxy) is 1. The first kappa shape index (κ1) is 15.9. The molecule has 1 aliphatic rings. The average molecular weight is 289 g/mol. The van der Waals surface area contributed by atoms with Gasteiger partial charge in [-0.3, -0.25) is 4.79 Å². The summed E-state index contributed by atoms with van der Waals surface area (Å²) in [6.07, 6.45) is 5.05. The van der Waals surface area contributed by atoms with Gasteiger partial charge in [-0.1, -0.05) is 13.0 Å². The molecule has 1 amide bonds. The number of nitrogens with one attached hydrogen (secondary N) is 1. The third-order valence-corrected chi connectivity index (χ3v) is 3.76. The molecule has 21 heavy (non-hydrogen) atoms. The van der Waals surface area contributed by atoms with Crippen LogP contribution in [0.2, 0.25) is 0 Å². The van der Waals surface area contributed by atoms with E-state index in [9.17, 15) is 4.79 Å². The van der Waals surface area contributed by atoms with E-state index in [-0.39, 0.29) is 11.4 Å². The molecule has 0 radical (unpaired) electrons. The maximum atomic E-state index is 12.2. The average Bonchev–Trinajstić information content (AvgIpc) is 2.42. The Morgan fingerprint density at radius 1 is 1.24 bits per heavy atom. The third-order valence-electron chi connectivity index (χ3n) is 3.76. The summed E-state index contributed by atoms with van der Waals surface area (Å²) in [5.74, 6) is 0.772. The third kappa shape index (κ3) is 4.48. The molecule has 0 fully saturated rings. The topological polar surface area (TPSA) is 38.3 Å². The summed E-state index contributed by atoms with van der Waals surface area (Å²) in [6.45, 7) is 7.93. The zero-order valence-corrected chi connectivity index (χ0v) is 13.7. The first-order chi connectivity index (χ1) is 9.89. The minimum absolute atomic E-state index is 0.0391. The molecule has 1 N–H and O–H groups in total. The lowest BCUT2D eigenvalue weighted by Gasteiger charge is -2.25. The molecule has 3 heteroatoms. The number of fused-ring (bicyclic) bond motifs is 1. The molecule has 0 saturated carbocycles. The first-order valence-electron chi connectivity index (χ1n) is 7.99. The fraction of sp³-hybridized carbons (Fsp3) is 0.611. The van der Waals surface area contributed by atoms with Gasteiger partial charge in [0.05, 0.1) is 0 Å². The number of hydrogen-bond donors (Lipinski definition) is 1. The van der Waals surface area contributed by atoms with Crippen LogP contribution in [0.15, 0.2) is 18.2 Å². The van der Waals surface area contributed by atoms with Crippen LogP contribution in [0.25, 0.3) is 0 Å². The first-order valence-corrected chi connectivity index (χ1v) is 7.99. The molecule has 0 heterocycles. The van der Waals surface area contributed by atoms with Gasteiger partial charge >= 0.3 is 0 Å². The molecule has 0 spiro atoms. The fourth-order valence-electron chi connectivity index (χ4n) is 2.72. The lowest BCUT2D eigenvalue weighted by atomic mass is 9.92. The number of rotatable bonds is 4. The van der Waals surface area contributed by atoms with E-state index in [1.54, 1.807) is 0 Å². The Hall–Kier alpha value is -1.51. The highest BCUT2D eigenvalue weighted by molar-refractivity contribution is 5.81. The molecule has 0 aromatic heterocycles. The van der Waals surface area contributed by atoms with Crippen LogP contribution in [0, 0.1) is 0 Å². The van der Waals surface area contributed by atoms with Crippen molar-refractivity contribution in [2.75, 3.05) is 0 Å². The van der Waals surface area contributed by atoms with Crippen molar-refractivity contribution >= 4 is 5.91 Å². The normalized spacial score (nSPS) is 16.0. The van der Waals surface area contributed by atoms with Crippen molar-refractivity contribution in [2.45, 2.75) is 71.4 Å². The van der Waals surface area contributed by atoms with Gasteiger partial charge in [-0.05, 0) is 76.1 Å². The van der Waals surface area contributed by atoms with Crippen molar-refractivity contribution < 1.29 is 9.53 Å². The molecule has 1 aliphatic carbocycles. The Balaban J connectivity index is 2.06. The van der Waals surface area contributed by atoms with Gasteiger partial charge in [0.1, 0.15) is 5.75 Å². The zero-order chi connectivity index (χ0) is 15.5. The molecular formula is C18H27NO2. The van der Waals surface area contributed by atoms with E-state index in [1.165, 1.54) is 24.0 Å². The Morgan fingerprint density at radius 2 is 1.90 bits per heavy atom. The van der Waals surface area contributed by atoms with Crippen LogP contribution in [-0.2, 0) is 17.6 Å². The van der Waals surface area contributed by atoms with Gasteiger partial charge in [0.25, 0.3) is 5.91 Å². The lowest BCUT2D eigenvalue weighted by molar-refractivity contribution is -0.129. The Kier molecular flexibility index (Phi) is 4.92. The molecule has 3 nitrogen and oxygen atoms in total. The van der Waals surface area contributed by atoms with Crippen LogP contribution in [0.1, 0.15) is 58.1 Å². The van der Waals surface area contributed by atoms with E-state index in [0.29, 0.717) is 6.42 Å². The minimum atomic E-state index is -0.425. The Bertz CT molecular complexity index is 502. The van der Waals surface area contributed by atoms with Crippen LogP contribution in [0.3, 0.4) is 0 Å². The predicted octanol–water partition coefficient (Wildman–Crippen LogP) is 3.64. The molecule has 2 rings (SSSR count). The van der Waals surface area contributed by atoms with Gasteiger partial charge in [0.15, 0.2) is 6.10 Å². The molecule has 0 aliphatic heterocycles. The molecule has 0 unspecified atom stereocenters. The van der Waals surface area contributed by atoms with Crippen LogP contribution in [-0.4, -0.2) is 17.6 Å². The van der Waals surface area contributed by atoms with E-state index < -0.39 is 6.10 Å². The van der Waals surface area contributed by atoms with E-state index in [1.807, 2.05) is 33.8 Å². The van der Waals surface area contributed by atoms with E-state index in [0.717, 1.165) is 18.6 Å². The summed E-state index contributed by atoms with van der Waals surface area (Å²) in [4.78, 5) is 12.2. The molecule has 116 valence electrons. The predicted molar refractivity (Wildman–Crippen MR) is 85.7 cm³/mol. The van der Waals surface area contributed by atoms with Gasteiger partial charge < -0.3 is 10.1 Å². The monoisotopic (exact) mass is 289 g/mol. The number of carbonyl (C=O) groups excluding carboxylic acids is 1. The van der Waals surface area contributed by atoms with Crippen molar-refractivity contribution in [1.29, 1.82) is 0 Å². The number of hydrogen-bond acceptors (Lipinski definition) is 2. The van der Waals surface area contributed by atoms with Crippen molar-refractivity contribution in [1.82, 2.24) is 5.32 Å².